The van der Waals surface area contributed by atoms with Gasteiger partial charge in [-0.3, -0.25) is 4.79 Å². The molecule has 0 unspecified atom stereocenters. The van der Waals surface area contributed by atoms with Gasteiger partial charge >= 0.3 is 0 Å². The average molecular weight is 448 g/mol. The first-order chi connectivity index (χ1) is 15.1. The minimum absolute atomic E-state index is 0.0304. The van der Waals surface area contributed by atoms with E-state index in [0.717, 1.165) is 18.2 Å². The van der Waals surface area contributed by atoms with Crippen LogP contribution in [0.25, 0.3) is 22.3 Å². The van der Waals surface area contributed by atoms with Crippen LogP contribution < -0.4 is 5.43 Å². The molecule has 1 aliphatic rings. The zero-order chi connectivity index (χ0) is 23.3. The summed E-state index contributed by atoms with van der Waals surface area (Å²) in [5.41, 5.74) is -1.17. The van der Waals surface area contributed by atoms with E-state index >= 15 is 0 Å². The molecule has 1 aliphatic heterocycles. The van der Waals surface area contributed by atoms with Crippen molar-refractivity contribution >= 4 is 11.0 Å². The Labute approximate surface area is 179 Å². The van der Waals surface area contributed by atoms with Gasteiger partial charge < -0.3 is 50.0 Å². The van der Waals surface area contributed by atoms with Crippen LogP contribution in [0.2, 0.25) is 0 Å². The molecule has 0 radical (unpaired) electrons. The molecule has 1 saturated heterocycles. The van der Waals surface area contributed by atoms with Gasteiger partial charge in [-0.05, 0) is 18.2 Å². The third kappa shape index (κ3) is 3.42. The SMILES string of the molecule is O=c1cc(-c2ccc(O)c(O)c2)oc2cc(O)c([C@@H]3O[C@H](CO)[C@@H](O)[C@H](O)[C@@H]3O)c(O)c12. The summed E-state index contributed by atoms with van der Waals surface area (Å²) in [6.07, 6.45) is -8.09. The number of ether oxygens (including phenoxy) is 1. The number of phenols is 4. The van der Waals surface area contributed by atoms with Crippen molar-refractivity contribution in [2.24, 2.45) is 0 Å². The van der Waals surface area contributed by atoms with Crippen LogP contribution >= 0.6 is 0 Å². The molecular formula is C21H20O11. The quantitative estimate of drug-likeness (QED) is 0.247. The highest BCUT2D eigenvalue weighted by molar-refractivity contribution is 5.88. The lowest BCUT2D eigenvalue weighted by Gasteiger charge is -2.40. The average Bonchev–Trinajstić information content (AvgIpc) is 2.74. The Morgan fingerprint density at radius 1 is 0.844 bits per heavy atom. The number of aliphatic hydroxyl groups is 4. The second-order valence-electron chi connectivity index (χ2n) is 7.46. The van der Waals surface area contributed by atoms with Gasteiger partial charge in [0.25, 0.3) is 0 Å². The highest BCUT2D eigenvalue weighted by Gasteiger charge is 2.46. The highest BCUT2D eigenvalue weighted by atomic mass is 16.5. The number of hydrogen-bond acceptors (Lipinski definition) is 11. The van der Waals surface area contributed by atoms with Gasteiger partial charge in [-0.1, -0.05) is 0 Å². The molecule has 3 aromatic rings. The topological polar surface area (TPSA) is 201 Å². The Morgan fingerprint density at radius 2 is 1.56 bits per heavy atom. The van der Waals surface area contributed by atoms with Crippen LogP contribution in [0.1, 0.15) is 11.7 Å². The Morgan fingerprint density at radius 3 is 2.22 bits per heavy atom. The Bertz CT molecular complexity index is 1230. The van der Waals surface area contributed by atoms with Crippen molar-refractivity contribution in [1.82, 2.24) is 0 Å². The monoisotopic (exact) mass is 448 g/mol. The molecule has 32 heavy (non-hydrogen) atoms. The molecule has 2 heterocycles. The van der Waals surface area contributed by atoms with Crippen LogP contribution in [0, 0.1) is 0 Å². The first-order valence-corrected chi connectivity index (χ1v) is 9.49. The number of aromatic hydroxyl groups is 4. The molecule has 11 heteroatoms. The molecule has 4 rings (SSSR count). The Kier molecular flexibility index (Phi) is 5.44. The van der Waals surface area contributed by atoms with E-state index in [1.54, 1.807) is 0 Å². The number of benzene rings is 2. The maximum absolute atomic E-state index is 12.8. The molecule has 11 nitrogen and oxygen atoms in total. The molecule has 0 aliphatic carbocycles. The summed E-state index contributed by atoms with van der Waals surface area (Å²) in [6, 6.07) is 5.73. The van der Waals surface area contributed by atoms with Crippen molar-refractivity contribution in [1.29, 1.82) is 0 Å². The molecule has 8 N–H and O–H groups in total. The summed E-state index contributed by atoms with van der Waals surface area (Å²) >= 11 is 0. The van der Waals surface area contributed by atoms with Crippen molar-refractivity contribution in [2.75, 3.05) is 6.61 Å². The number of rotatable bonds is 3. The van der Waals surface area contributed by atoms with E-state index in [0.29, 0.717) is 0 Å². The van der Waals surface area contributed by atoms with Crippen molar-refractivity contribution < 1.29 is 50.0 Å². The van der Waals surface area contributed by atoms with Gasteiger partial charge in [0, 0.05) is 17.7 Å². The Balaban J connectivity index is 1.86. The lowest BCUT2D eigenvalue weighted by atomic mass is 9.89. The van der Waals surface area contributed by atoms with Crippen molar-refractivity contribution in [3.63, 3.8) is 0 Å². The zero-order valence-electron chi connectivity index (χ0n) is 16.3. The molecule has 170 valence electrons. The van der Waals surface area contributed by atoms with Crippen LogP contribution in [0.5, 0.6) is 23.0 Å². The fraction of sp³-hybridized carbons (Fsp3) is 0.286. The lowest BCUT2D eigenvalue weighted by Crippen LogP contribution is -2.55. The molecular weight excluding hydrogens is 428 g/mol. The Hall–Kier alpha value is -3.35. The number of fused-ring (bicyclic) bond motifs is 1. The number of aliphatic hydroxyl groups excluding tert-OH is 4. The van der Waals surface area contributed by atoms with Gasteiger partial charge in [0.15, 0.2) is 16.9 Å². The molecule has 0 bridgehead atoms. The normalized spacial score (nSPS) is 25.8. The minimum atomic E-state index is -1.80. The van der Waals surface area contributed by atoms with E-state index in [1.807, 2.05) is 0 Å². The third-order valence-electron chi connectivity index (χ3n) is 5.45. The van der Waals surface area contributed by atoms with Gasteiger partial charge in [-0.25, -0.2) is 0 Å². The summed E-state index contributed by atoms with van der Waals surface area (Å²) < 4.78 is 11.0. The van der Waals surface area contributed by atoms with Crippen LogP contribution in [-0.2, 0) is 4.74 Å². The standard InChI is InChI=1S/C21H20O11/c22-6-14-17(27)19(29)20(30)21(32-14)16-11(26)5-13-15(18(16)28)10(25)4-12(31-13)7-1-2-8(23)9(24)3-7/h1-5,14,17,19-24,26-30H,6H2/t14-,17-,19+,20+,21+/m1/s1. The van der Waals surface area contributed by atoms with E-state index in [4.69, 9.17) is 9.15 Å². The first kappa shape index (κ1) is 21.9. The molecule has 1 aromatic heterocycles. The van der Waals surface area contributed by atoms with Crippen LogP contribution in [0.4, 0.5) is 0 Å². The lowest BCUT2D eigenvalue weighted by molar-refractivity contribution is -0.232. The van der Waals surface area contributed by atoms with Gasteiger partial charge in [0.2, 0.25) is 0 Å². The molecule has 0 spiro atoms. The fourth-order valence-corrected chi connectivity index (χ4v) is 3.74. The minimum Gasteiger partial charge on any atom is -0.507 e. The predicted molar refractivity (Wildman–Crippen MR) is 107 cm³/mol. The zero-order valence-corrected chi connectivity index (χ0v) is 16.3. The number of phenolic OH excluding ortho intramolecular Hbond substituents is 4. The summed E-state index contributed by atoms with van der Waals surface area (Å²) in [4.78, 5) is 12.8. The van der Waals surface area contributed by atoms with E-state index in [1.165, 1.54) is 12.1 Å². The second-order valence-corrected chi connectivity index (χ2v) is 7.46. The van der Waals surface area contributed by atoms with Crippen molar-refractivity contribution in [3.8, 4) is 34.3 Å². The highest BCUT2D eigenvalue weighted by Crippen LogP contribution is 2.44. The first-order valence-electron chi connectivity index (χ1n) is 9.49. The summed E-state index contributed by atoms with van der Waals surface area (Å²) in [5, 5.41) is 79.6. The van der Waals surface area contributed by atoms with Crippen LogP contribution in [-0.4, -0.2) is 71.9 Å². The van der Waals surface area contributed by atoms with Gasteiger partial charge in [0.05, 0.1) is 12.2 Å². The van der Waals surface area contributed by atoms with E-state index < -0.39 is 65.4 Å². The summed E-state index contributed by atoms with van der Waals surface area (Å²) in [7, 11) is 0. The largest absolute Gasteiger partial charge is 0.507 e. The fourth-order valence-electron chi connectivity index (χ4n) is 3.74. The molecule has 5 atom stereocenters. The van der Waals surface area contributed by atoms with Gasteiger partial charge in [0.1, 0.15) is 58.7 Å². The number of hydrogen-bond donors (Lipinski definition) is 8. The summed E-state index contributed by atoms with van der Waals surface area (Å²) in [5.74, 6) is -2.28. The summed E-state index contributed by atoms with van der Waals surface area (Å²) in [6.45, 7) is -0.721. The maximum Gasteiger partial charge on any atom is 0.197 e. The smallest absolute Gasteiger partial charge is 0.197 e. The van der Waals surface area contributed by atoms with Crippen molar-refractivity contribution in [3.05, 3.63) is 46.1 Å². The molecule has 0 amide bonds. The van der Waals surface area contributed by atoms with Crippen molar-refractivity contribution in [2.45, 2.75) is 30.5 Å². The van der Waals surface area contributed by atoms with Crippen LogP contribution in [0.3, 0.4) is 0 Å². The van der Waals surface area contributed by atoms with Crippen LogP contribution in [0.15, 0.2) is 39.5 Å². The maximum atomic E-state index is 12.8. The molecule has 0 saturated carbocycles. The van der Waals surface area contributed by atoms with E-state index in [9.17, 15) is 45.6 Å². The predicted octanol–water partition coefficient (Wildman–Crippen LogP) is -0.203. The van der Waals surface area contributed by atoms with Gasteiger partial charge in [-0.15, -0.1) is 0 Å². The van der Waals surface area contributed by atoms with E-state index in [2.05, 4.69) is 0 Å². The second kappa shape index (κ2) is 7.97. The van der Waals surface area contributed by atoms with Gasteiger partial charge in [-0.2, -0.15) is 0 Å². The van der Waals surface area contributed by atoms with E-state index in [-0.39, 0.29) is 28.0 Å². The molecule has 2 aromatic carbocycles. The third-order valence-corrected chi connectivity index (χ3v) is 5.45. The molecule has 1 fully saturated rings.